The number of hydrogen-bond acceptors (Lipinski definition) is 5. The second kappa shape index (κ2) is 5.97. The van der Waals surface area contributed by atoms with Gasteiger partial charge in [0, 0.05) is 12.2 Å². The van der Waals surface area contributed by atoms with Gasteiger partial charge in [0.15, 0.2) is 5.01 Å². The summed E-state index contributed by atoms with van der Waals surface area (Å²) in [6, 6.07) is 1.95. The average Bonchev–Trinajstić information content (AvgIpc) is 2.76. The molecule has 0 saturated carbocycles. The van der Waals surface area contributed by atoms with Crippen LogP contribution in [-0.4, -0.2) is 21.7 Å². The Kier molecular flexibility index (Phi) is 4.31. The molecular formula is C13H18N4OS. The highest BCUT2D eigenvalue weighted by Crippen LogP contribution is 2.26. The summed E-state index contributed by atoms with van der Waals surface area (Å²) in [6.07, 6.45) is 2.23. The molecule has 102 valence electrons. The van der Waals surface area contributed by atoms with Crippen LogP contribution in [0.15, 0.2) is 10.9 Å². The Hall–Kier alpha value is -1.69. The van der Waals surface area contributed by atoms with Gasteiger partial charge in [0.25, 0.3) is 5.56 Å². The van der Waals surface area contributed by atoms with Gasteiger partial charge < -0.3 is 10.3 Å². The van der Waals surface area contributed by atoms with E-state index in [4.69, 9.17) is 0 Å². The van der Waals surface area contributed by atoms with E-state index >= 15 is 0 Å². The zero-order valence-corrected chi connectivity index (χ0v) is 12.2. The molecular weight excluding hydrogens is 260 g/mol. The van der Waals surface area contributed by atoms with Gasteiger partial charge in [0.05, 0.1) is 5.56 Å². The molecule has 0 aliphatic rings. The van der Waals surface area contributed by atoms with Crippen LogP contribution in [0.1, 0.15) is 31.0 Å². The van der Waals surface area contributed by atoms with Gasteiger partial charge in [-0.05, 0) is 31.9 Å². The van der Waals surface area contributed by atoms with E-state index in [0.29, 0.717) is 10.6 Å². The van der Waals surface area contributed by atoms with Crippen LogP contribution >= 0.6 is 11.3 Å². The van der Waals surface area contributed by atoms with E-state index in [0.717, 1.165) is 35.8 Å². The van der Waals surface area contributed by atoms with Crippen LogP contribution in [0.5, 0.6) is 0 Å². The lowest BCUT2D eigenvalue weighted by molar-refractivity contribution is 0.831. The molecule has 2 heterocycles. The van der Waals surface area contributed by atoms with Gasteiger partial charge in [0.2, 0.25) is 5.13 Å². The Labute approximate surface area is 116 Å². The molecule has 2 N–H and O–H groups in total. The Morgan fingerprint density at radius 3 is 2.84 bits per heavy atom. The van der Waals surface area contributed by atoms with E-state index in [1.54, 1.807) is 0 Å². The van der Waals surface area contributed by atoms with Crippen LogP contribution in [0.3, 0.4) is 0 Å². The van der Waals surface area contributed by atoms with E-state index in [-0.39, 0.29) is 5.56 Å². The summed E-state index contributed by atoms with van der Waals surface area (Å²) < 4.78 is 0. The van der Waals surface area contributed by atoms with Crippen molar-refractivity contribution in [3.63, 3.8) is 0 Å². The molecule has 0 unspecified atom stereocenters. The van der Waals surface area contributed by atoms with Crippen molar-refractivity contribution < 1.29 is 0 Å². The number of nitrogens with zero attached hydrogens (tertiary/aromatic N) is 2. The second-order valence-corrected chi connectivity index (χ2v) is 5.51. The first kappa shape index (κ1) is 13.7. The first-order chi connectivity index (χ1) is 9.11. The summed E-state index contributed by atoms with van der Waals surface area (Å²) >= 11 is 1.42. The first-order valence-electron chi connectivity index (χ1n) is 6.40. The standard InChI is InChI=1S/C13H18N4OS/c1-4-5-6-14-13-17-16-12(19-13)10-8(2)7-9(3)15-11(10)18/h7H,4-6H2,1-3H3,(H,14,17)(H,15,18). The fourth-order valence-electron chi connectivity index (χ4n) is 1.89. The molecule has 0 aliphatic heterocycles. The number of aromatic nitrogens is 3. The molecule has 0 atom stereocenters. The van der Waals surface area contributed by atoms with E-state index < -0.39 is 0 Å². The number of rotatable bonds is 5. The minimum absolute atomic E-state index is 0.103. The summed E-state index contributed by atoms with van der Waals surface area (Å²) in [5.74, 6) is 0. The normalized spacial score (nSPS) is 10.7. The summed E-state index contributed by atoms with van der Waals surface area (Å²) in [5, 5.41) is 12.8. The molecule has 2 aromatic heterocycles. The van der Waals surface area contributed by atoms with Crippen LogP contribution < -0.4 is 10.9 Å². The van der Waals surface area contributed by atoms with Crippen molar-refractivity contribution in [2.24, 2.45) is 0 Å². The maximum Gasteiger partial charge on any atom is 0.258 e. The zero-order chi connectivity index (χ0) is 13.8. The summed E-state index contributed by atoms with van der Waals surface area (Å²) in [6.45, 7) is 6.82. The van der Waals surface area contributed by atoms with Crippen molar-refractivity contribution in [3.05, 3.63) is 27.7 Å². The molecule has 0 aliphatic carbocycles. The molecule has 0 aromatic carbocycles. The molecule has 0 spiro atoms. The summed E-state index contributed by atoms with van der Waals surface area (Å²) in [4.78, 5) is 14.8. The van der Waals surface area contributed by atoms with Crippen LogP contribution in [0.25, 0.3) is 10.6 Å². The smallest absolute Gasteiger partial charge is 0.258 e. The molecule has 0 saturated heterocycles. The van der Waals surface area contributed by atoms with Gasteiger partial charge in [0.1, 0.15) is 0 Å². The van der Waals surface area contributed by atoms with Crippen molar-refractivity contribution in [3.8, 4) is 10.6 Å². The Morgan fingerprint density at radius 1 is 1.37 bits per heavy atom. The lowest BCUT2D eigenvalue weighted by atomic mass is 10.1. The number of H-pyrrole nitrogens is 1. The first-order valence-corrected chi connectivity index (χ1v) is 7.21. The van der Waals surface area contributed by atoms with Gasteiger partial charge in [-0.3, -0.25) is 4.79 Å². The van der Waals surface area contributed by atoms with E-state index in [1.165, 1.54) is 11.3 Å². The third-order valence-electron chi connectivity index (χ3n) is 2.81. The Balaban J connectivity index is 2.26. The van der Waals surface area contributed by atoms with Crippen molar-refractivity contribution >= 4 is 16.5 Å². The SMILES string of the molecule is CCCCNc1nnc(-c2c(C)cc(C)[nH]c2=O)s1. The quantitative estimate of drug-likeness (QED) is 0.825. The van der Waals surface area contributed by atoms with Crippen molar-refractivity contribution in [1.29, 1.82) is 0 Å². The zero-order valence-electron chi connectivity index (χ0n) is 11.4. The number of aryl methyl sites for hydroxylation is 2. The van der Waals surface area contributed by atoms with Crippen LogP contribution in [0, 0.1) is 13.8 Å². The minimum atomic E-state index is -0.103. The topological polar surface area (TPSA) is 70.7 Å². The molecule has 2 aromatic rings. The largest absolute Gasteiger partial charge is 0.360 e. The van der Waals surface area contributed by atoms with E-state index in [1.807, 2.05) is 19.9 Å². The molecule has 5 nitrogen and oxygen atoms in total. The fraction of sp³-hybridized carbons (Fsp3) is 0.462. The van der Waals surface area contributed by atoms with Crippen LogP contribution in [0.4, 0.5) is 5.13 Å². The second-order valence-electron chi connectivity index (χ2n) is 4.53. The average molecular weight is 278 g/mol. The minimum Gasteiger partial charge on any atom is -0.360 e. The molecule has 6 heteroatoms. The maximum absolute atomic E-state index is 12.0. The van der Waals surface area contributed by atoms with Crippen LogP contribution in [0.2, 0.25) is 0 Å². The van der Waals surface area contributed by atoms with Crippen molar-refractivity contribution in [2.75, 3.05) is 11.9 Å². The predicted molar refractivity (Wildman–Crippen MR) is 78.8 cm³/mol. The van der Waals surface area contributed by atoms with Gasteiger partial charge in [-0.2, -0.15) is 0 Å². The number of hydrogen-bond donors (Lipinski definition) is 2. The van der Waals surface area contributed by atoms with Crippen molar-refractivity contribution in [1.82, 2.24) is 15.2 Å². The highest BCUT2D eigenvalue weighted by Gasteiger charge is 2.13. The number of pyridine rings is 1. The lowest BCUT2D eigenvalue weighted by Gasteiger charge is -2.01. The highest BCUT2D eigenvalue weighted by molar-refractivity contribution is 7.18. The van der Waals surface area contributed by atoms with E-state index in [9.17, 15) is 4.79 Å². The van der Waals surface area contributed by atoms with Crippen molar-refractivity contribution in [2.45, 2.75) is 33.6 Å². The fourth-order valence-corrected chi connectivity index (χ4v) is 2.76. The molecule has 0 amide bonds. The molecule has 0 bridgehead atoms. The third kappa shape index (κ3) is 3.20. The number of nitrogens with one attached hydrogen (secondary N) is 2. The lowest BCUT2D eigenvalue weighted by Crippen LogP contribution is -2.11. The van der Waals surface area contributed by atoms with Crippen LogP contribution in [-0.2, 0) is 0 Å². The predicted octanol–water partition coefficient (Wildman–Crippen LogP) is 2.72. The monoisotopic (exact) mass is 278 g/mol. The van der Waals surface area contributed by atoms with Gasteiger partial charge in [-0.15, -0.1) is 10.2 Å². The van der Waals surface area contributed by atoms with Gasteiger partial charge >= 0.3 is 0 Å². The number of anilines is 1. The third-order valence-corrected chi connectivity index (χ3v) is 3.71. The molecule has 2 rings (SSSR count). The number of unbranched alkanes of at least 4 members (excludes halogenated alkanes) is 1. The Bertz CT molecular complexity index is 617. The molecule has 0 fully saturated rings. The van der Waals surface area contributed by atoms with Gasteiger partial charge in [-0.25, -0.2) is 0 Å². The Morgan fingerprint density at radius 2 is 2.16 bits per heavy atom. The maximum atomic E-state index is 12.0. The number of aromatic amines is 1. The molecule has 19 heavy (non-hydrogen) atoms. The van der Waals surface area contributed by atoms with E-state index in [2.05, 4.69) is 27.4 Å². The summed E-state index contributed by atoms with van der Waals surface area (Å²) in [7, 11) is 0. The molecule has 0 radical (unpaired) electrons. The highest BCUT2D eigenvalue weighted by atomic mass is 32.1. The summed E-state index contributed by atoms with van der Waals surface area (Å²) in [5.41, 5.74) is 2.30. The van der Waals surface area contributed by atoms with Gasteiger partial charge in [-0.1, -0.05) is 24.7 Å².